The molecule has 2 aromatic rings. The van der Waals surface area contributed by atoms with Crippen molar-refractivity contribution in [3.05, 3.63) is 18.3 Å². The number of aryl methyl sites for hydroxylation is 1. The van der Waals surface area contributed by atoms with E-state index in [9.17, 15) is 0 Å². The van der Waals surface area contributed by atoms with Gasteiger partial charge >= 0.3 is 0 Å². The van der Waals surface area contributed by atoms with Gasteiger partial charge in [-0.25, -0.2) is 15.0 Å². The molecule has 2 aromatic heterocycles. The Morgan fingerprint density at radius 1 is 1.24 bits per heavy atom. The zero-order valence-corrected chi connectivity index (χ0v) is 20.1. The van der Waals surface area contributed by atoms with Crippen LogP contribution in [-0.2, 0) is 15.6 Å². The van der Waals surface area contributed by atoms with Crippen molar-refractivity contribution in [3.63, 3.8) is 0 Å². The fraction of sp³-hybridized carbons (Fsp3) is 0.773. The summed E-state index contributed by atoms with van der Waals surface area (Å²) in [6.45, 7) is 15.5. The minimum Gasteiger partial charge on any atom is -0.417 e. The van der Waals surface area contributed by atoms with Gasteiger partial charge in [0.25, 0.3) is 0 Å². The van der Waals surface area contributed by atoms with Crippen molar-refractivity contribution in [3.8, 4) is 0 Å². The number of fused-ring (bicyclic) bond motifs is 1. The highest BCUT2D eigenvalue weighted by molar-refractivity contribution is 6.74. The quantitative estimate of drug-likeness (QED) is 0.529. The van der Waals surface area contributed by atoms with Crippen LogP contribution in [0.5, 0.6) is 0 Å². The van der Waals surface area contributed by atoms with E-state index in [1.54, 1.807) is 6.33 Å². The monoisotopic (exact) mass is 418 g/mol. The molecule has 0 spiro atoms. The van der Waals surface area contributed by atoms with Crippen molar-refractivity contribution in [1.82, 2.24) is 19.5 Å². The molecule has 0 saturated carbocycles. The van der Waals surface area contributed by atoms with Gasteiger partial charge < -0.3 is 9.16 Å². The molecule has 162 valence electrons. The van der Waals surface area contributed by atoms with E-state index in [4.69, 9.17) is 9.16 Å². The fourth-order valence-corrected chi connectivity index (χ4v) is 4.64. The van der Waals surface area contributed by atoms with E-state index in [1.165, 1.54) is 6.42 Å². The highest BCUT2D eigenvalue weighted by atomic mass is 28.4. The Labute approximate surface area is 176 Å². The number of hydrogen-bond acceptors (Lipinski definition) is 5. The highest BCUT2D eigenvalue weighted by Gasteiger charge is 2.37. The van der Waals surface area contributed by atoms with Gasteiger partial charge in [0.2, 0.25) is 0 Å². The molecule has 3 rings (SSSR count). The van der Waals surface area contributed by atoms with E-state index in [0.29, 0.717) is 5.92 Å². The Kier molecular flexibility index (Phi) is 7.12. The lowest BCUT2D eigenvalue weighted by molar-refractivity contribution is -0.0298. The third-order valence-electron chi connectivity index (χ3n) is 6.55. The molecule has 0 aliphatic carbocycles. The topological polar surface area (TPSA) is 62.1 Å². The summed E-state index contributed by atoms with van der Waals surface area (Å²) in [5.74, 6) is 0.551. The number of aromatic nitrogens is 4. The molecule has 0 bridgehead atoms. The number of nitrogens with zero attached hydrogens (tertiary/aromatic N) is 4. The van der Waals surface area contributed by atoms with E-state index in [2.05, 4.69) is 60.3 Å². The van der Waals surface area contributed by atoms with Crippen molar-refractivity contribution in [2.45, 2.75) is 90.6 Å². The standard InChI is InChI=1S/C22H38N4O2Si/c1-17(14-28-29(5,6)22(2,3)4)10-9-11-18-20-21(24-15-23-18)26(16-25-20)19-12-7-8-13-27-19/h15-17,19H,7-14H2,1-6H3/t17-,19?/m0/s1. The Hall–Kier alpha value is -1.31. The van der Waals surface area contributed by atoms with Crippen LogP contribution < -0.4 is 0 Å². The first kappa shape index (κ1) is 22.4. The van der Waals surface area contributed by atoms with Crippen LogP contribution in [0.25, 0.3) is 11.2 Å². The van der Waals surface area contributed by atoms with Crippen LogP contribution in [-0.4, -0.2) is 41.1 Å². The minimum atomic E-state index is -1.67. The number of imidazole rings is 1. The SMILES string of the molecule is C[C@@H](CCCc1ncnc2c1ncn2C1CCCCO1)CO[Si](C)(C)C(C)(C)C. The lowest BCUT2D eigenvalue weighted by Crippen LogP contribution is -2.41. The molecule has 1 fully saturated rings. The lowest BCUT2D eigenvalue weighted by Gasteiger charge is -2.37. The summed E-state index contributed by atoms with van der Waals surface area (Å²) in [5.41, 5.74) is 2.87. The molecular weight excluding hydrogens is 380 g/mol. The van der Waals surface area contributed by atoms with Gasteiger partial charge in [0.15, 0.2) is 14.0 Å². The molecule has 0 radical (unpaired) electrons. The molecule has 1 unspecified atom stereocenters. The molecule has 1 aliphatic heterocycles. The van der Waals surface area contributed by atoms with E-state index in [1.807, 2.05) is 6.33 Å². The summed E-state index contributed by atoms with van der Waals surface area (Å²) >= 11 is 0. The summed E-state index contributed by atoms with van der Waals surface area (Å²) in [5, 5.41) is 0.264. The predicted octanol–water partition coefficient (Wildman–Crippen LogP) is 5.51. The Bertz CT molecular complexity index is 794. The predicted molar refractivity (Wildman–Crippen MR) is 119 cm³/mol. The zero-order chi connectivity index (χ0) is 21.1. The van der Waals surface area contributed by atoms with Crippen LogP contribution in [0.4, 0.5) is 0 Å². The first-order valence-corrected chi connectivity index (χ1v) is 14.0. The second kappa shape index (κ2) is 9.23. The van der Waals surface area contributed by atoms with Crippen LogP contribution in [0.3, 0.4) is 0 Å². The van der Waals surface area contributed by atoms with Crippen LogP contribution in [0.15, 0.2) is 12.7 Å². The van der Waals surface area contributed by atoms with Crippen molar-refractivity contribution in [2.75, 3.05) is 13.2 Å². The van der Waals surface area contributed by atoms with Gasteiger partial charge in [-0.3, -0.25) is 4.57 Å². The smallest absolute Gasteiger partial charge is 0.191 e. The van der Waals surface area contributed by atoms with Crippen molar-refractivity contribution in [1.29, 1.82) is 0 Å². The molecule has 0 N–H and O–H groups in total. The molecule has 0 amide bonds. The normalized spacial score (nSPS) is 19.6. The van der Waals surface area contributed by atoms with Gasteiger partial charge in [0, 0.05) is 13.2 Å². The highest BCUT2D eigenvalue weighted by Crippen LogP contribution is 2.37. The van der Waals surface area contributed by atoms with E-state index in [-0.39, 0.29) is 11.3 Å². The second-order valence-electron chi connectivity index (χ2n) is 10.0. The average Bonchev–Trinajstić information content (AvgIpc) is 3.11. The molecule has 1 aliphatic rings. The number of rotatable bonds is 8. The van der Waals surface area contributed by atoms with Crippen molar-refractivity contribution >= 4 is 19.5 Å². The molecular formula is C22H38N4O2Si. The molecule has 29 heavy (non-hydrogen) atoms. The van der Waals surface area contributed by atoms with Crippen LogP contribution >= 0.6 is 0 Å². The summed E-state index contributed by atoms with van der Waals surface area (Å²) in [4.78, 5) is 13.6. The van der Waals surface area contributed by atoms with Gasteiger partial charge in [0.05, 0.1) is 12.0 Å². The van der Waals surface area contributed by atoms with E-state index >= 15 is 0 Å². The largest absolute Gasteiger partial charge is 0.417 e. The third kappa shape index (κ3) is 5.44. The maximum Gasteiger partial charge on any atom is 0.191 e. The second-order valence-corrected chi connectivity index (χ2v) is 14.8. The van der Waals surface area contributed by atoms with E-state index < -0.39 is 8.32 Å². The molecule has 3 heterocycles. The van der Waals surface area contributed by atoms with E-state index in [0.717, 1.165) is 62.2 Å². The number of ether oxygens (including phenoxy) is 1. The minimum absolute atomic E-state index is 0.0593. The summed E-state index contributed by atoms with van der Waals surface area (Å²) in [6.07, 6.45) is 10.1. The summed E-state index contributed by atoms with van der Waals surface area (Å²) in [6, 6.07) is 0. The average molecular weight is 419 g/mol. The Morgan fingerprint density at radius 2 is 2.03 bits per heavy atom. The van der Waals surface area contributed by atoms with Crippen LogP contribution in [0.2, 0.25) is 18.1 Å². The third-order valence-corrected chi connectivity index (χ3v) is 11.0. The molecule has 7 heteroatoms. The first-order valence-electron chi connectivity index (χ1n) is 11.1. The van der Waals surface area contributed by atoms with Gasteiger partial charge in [-0.05, 0) is 62.6 Å². The molecule has 2 atom stereocenters. The van der Waals surface area contributed by atoms with Gasteiger partial charge in [-0.15, -0.1) is 0 Å². The first-order chi connectivity index (χ1) is 13.7. The lowest BCUT2D eigenvalue weighted by atomic mass is 10.0. The fourth-order valence-electron chi connectivity index (χ4n) is 3.51. The summed E-state index contributed by atoms with van der Waals surface area (Å²) < 4.78 is 14.4. The maximum atomic E-state index is 6.38. The number of hydrogen-bond donors (Lipinski definition) is 0. The van der Waals surface area contributed by atoms with Crippen molar-refractivity contribution < 1.29 is 9.16 Å². The molecule has 6 nitrogen and oxygen atoms in total. The Balaban J connectivity index is 1.55. The molecule has 1 saturated heterocycles. The van der Waals surface area contributed by atoms with Crippen LogP contribution in [0, 0.1) is 5.92 Å². The maximum absolute atomic E-state index is 6.38. The zero-order valence-electron chi connectivity index (χ0n) is 19.1. The van der Waals surface area contributed by atoms with Crippen LogP contribution in [0.1, 0.15) is 71.7 Å². The Morgan fingerprint density at radius 3 is 2.72 bits per heavy atom. The summed E-state index contributed by atoms with van der Waals surface area (Å²) in [7, 11) is -1.67. The van der Waals surface area contributed by atoms with Crippen molar-refractivity contribution in [2.24, 2.45) is 5.92 Å². The van der Waals surface area contributed by atoms with Gasteiger partial charge in [0.1, 0.15) is 18.1 Å². The molecule has 0 aromatic carbocycles. The van der Waals surface area contributed by atoms with Gasteiger partial charge in [-0.1, -0.05) is 27.7 Å². The van der Waals surface area contributed by atoms with Gasteiger partial charge in [-0.2, -0.15) is 0 Å².